The van der Waals surface area contributed by atoms with Crippen molar-refractivity contribution in [1.82, 2.24) is 15.2 Å². The van der Waals surface area contributed by atoms with E-state index in [0.29, 0.717) is 31.1 Å². The van der Waals surface area contributed by atoms with Crippen LogP contribution >= 0.6 is 0 Å². The smallest absolute Gasteiger partial charge is 0.272 e. The van der Waals surface area contributed by atoms with Crippen LogP contribution in [0.5, 0.6) is 0 Å². The number of fused-ring (bicyclic) bond motifs is 1. The number of nitrogens with zero attached hydrogens (tertiary/aromatic N) is 2. The molecular formula is C20H25N3O2. The molecule has 2 heterocycles. The lowest BCUT2D eigenvalue weighted by molar-refractivity contribution is -0.121. The first-order valence-corrected chi connectivity index (χ1v) is 9.09. The molecule has 0 spiro atoms. The van der Waals surface area contributed by atoms with Crippen molar-refractivity contribution in [2.75, 3.05) is 19.6 Å². The van der Waals surface area contributed by atoms with Crippen LogP contribution < -0.4 is 5.32 Å². The van der Waals surface area contributed by atoms with Gasteiger partial charge in [0.15, 0.2) is 0 Å². The number of pyridine rings is 1. The number of aromatic nitrogens is 1. The van der Waals surface area contributed by atoms with Crippen molar-refractivity contribution in [3.05, 3.63) is 42.1 Å². The van der Waals surface area contributed by atoms with E-state index in [2.05, 4.69) is 10.3 Å². The van der Waals surface area contributed by atoms with Crippen molar-refractivity contribution in [1.29, 1.82) is 0 Å². The maximum absolute atomic E-state index is 12.8. The van der Waals surface area contributed by atoms with Gasteiger partial charge < -0.3 is 10.2 Å². The van der Waals surface area contributed by atoms with Gasteiger partial charge in [0.1, 0.15) is 5.69 Å². The van der Waals surface area contributed by atoms with Crippen molar-refractivity contribution in [3.63, 3.8) is 0 Å². The van der Waals surface area contributed by atoms with Gasteiger partial charge in [0.25, 0.3) is 5.91 Å². The Morgan fingerprint density at radius 3 is 2.92 bits per heavy atom. The number of rotatable bonds is 5. The lowest BCUT2D eigenvalue weighted by Crippen LogP contribution is -2.43. The monoisotopic (exact) mass is 339 g/mol. The van der Waals surface area contributed by atoms with Crippen LogP contribution in [-0.2, 0) is 4.79 Å². The van der Waals surface area contributed by atoms with Crippen LogP contribution in [0.25, 0.3) is 10.9 Å². The Morgan fingerprint density at radius 1 is 1.24 bits per heavy atom. The Hall–Kier alpha value is -2.43. The molecule has 1 aromatic carbocycles. The van der Waals surface area contributed by atoms with Crippen LogP contribution in [-0.4, -0.2) is 41.3 Å². The van der Waals surface area contributed by atoms with E-state index >= 15 is 0 Å². The van der Waals surface area contributed by atoms with Crippen molar-refractivity contribution < 1.29 is 9.59 Å². The second kappa shape index (κ2) is 8.10. The zero-order valence-electron chi connectivity index (χ0n) is 14.7. The third-order valence-corrected chi connectivity index (χ3v) is 4.69. The predicted octanol–water partition coefficient (Wildman–Crippen LogP) is 3.00. The lowest BCUT2D eigenvalue weighted by Gasteiger charge is -2.32. The summed E-state index contributed by atoms with van der Waals surface area (Å²) in [6, 6.07) is 11.6. The van der Waals surface area contributed by atoms with Crippen LogP contribution in [0, 0.1) is 5.92 Å². The van der Waals surface area contributed by atoms with E-state index in [1.807, 2.05) is 42.2 Å². The maximum atomic E-state index is 12.8. The van der Waals surface area contributed by atoms with E-state index < -0.39 is 0 Å². The molecule has 3 rings (SSSR count). The molecular weight excluding hydrogens is 314 g/mol. The third kappa shape index (κ3) is 4.35. The van der Waals surface area contributed by atoms with Gasteiger partial charge in [-0.2, -0.15) is 0 Å². The fourth-order valence-corrected chi connectivity index (χ4v) is 3.34. The van der Waals surface area contributed by atoms with E-state index in [4.69, 9.17) is 0 Å². The quantitative estimate of drug-likeness (QED) is 0.911. The molecule has 1 aliphatic heterocycles. The number of carbonyl (C=O) groups is 2. The maximum Gasteiger partial charge on any atom is 0.272 e. The summed E-state index contributed by atoms with van der Waals surface area (Å²) in [6.07, 6.45) is 3.43. The van der Waals surface area contributed by atoms with Gasteiger partial charge in [-0.25, -0.2) is 4.98 Å². The lowest BCUT2D eigenvalue weighted by atomic mass is 9.97. The first-order chi connectivity index (χ1) is 12.2. The Bertz CT molecular complexity index is 759. The molecule has 1 saturated heterocycles. The first kappa shape index (κ1) is 17.4. The van der Waals surface area contributed by atoms with Gasteiger partial charge in [0.05, 0.1) is 5.52 Å². The van der Waals surface area contributed by atoms with Crippen molar-refractivity contribution in [2.24, 2.45) is 5.92 Å². The van der Waals surface area contributed by atoms with Crippen molar-refractivity contribution >= 4 is 22.7 Å². The van der Waals surface area contributed by atoms with E-state index in [1.165, 1.54) is 0 Å². The molecule has 0 saturated carbocycles. The molecule has 0 unspecified atom stereocenters. The average molecular weight is 339 g/mol. The van der Waals surface area contributed by atoms with Crippen LogP contribution in [0.1, 0.15) is 43.1 Å². The largest absolute Gasteiger partial charge is 0.356 e. The highest BCUT2D eigenvalue weighted by Gasteiger charge is 2.25. The van der Waals surface area contributed by atoms with Crippen molar-refractivity contribution in [2.45, 2.75) is 32.6 Å². The van der Waals surface area contributed by atoms with Gasteiger partial charge in [0.2, 0.25) is 5.91 Å². The Balaban J connectivity index is 1.63. The van der Waals surface area contributed by atoms with Gasteiger partial charge in [-0.3, -0.25) is 9.59 Å². The van der Waals surface area contributed by atoms with E-state index in [0.717, 1.165) is 36.7 Å². The molecule has 1 N–H and O–H groups in total. The molecule has 1 fully saturated rings. The van der Waals surface area contributed by atoms with Gasteiger partial charge in [-0.15, -0.1) is 0 Å². The van der Waals surface area contributed by atoms with E-state index in [-0.39, 0.29) is 11.8 Å². The summed E-state index contributed by atoms with van der Waals surface area (Å²) < 4.78 is 0. The molecule has 25 heavy (non-hydrogen) atoms. The van der Waals surface area contributed by atoms with Gasteiger partial charge in [-0.1, -0.05) is 31.2 Å². The summed E-state index contributed by atoms with van der Waals surface area (Å²) in [5.41, 5.74) is 1.34. The Labute approximate surface area is 148 Å². The molecule has 2 amide bonds. The molecule has 5 heteroatoms. The number of piperidine rings is 1. The number of nitrogens with one attached hydrogen (secondary N) is 1. The number of benzene rings is 1. The topological polar surface area (TPSA) is 62.3 Å². The number of likely N-dealkylation sites (tertiary alicyclic amines) is 1. The van der Waals surface area contributed by atoms with Crippen LogP contribution in [0.3, 0.4) is 0 Å². The number of hydrogen-bond acceptors (Lipinski definition) is 3. The molecule has 132 valence electrons. The van der Waals surface area contributed by atoms with E-state index in [9.17, 15) is 9.59 Å². The molecule has 0 aliphatic carbocycles. The standard InChI is InChI=1S/C20H25N3O2/c1-2-6-19(24)21-13-15-7-5-12-23(14-15)20(25)18-11-10-16-8-3-4-9-17(16)22-18/h3-4,8-11,15H,2,5-7,12-14H2,1H3,(H,21,24)/t15-/m0/s1. The normalized spacial score (nSPS) is 17.5. The molecule has 1 aliphatic rings. The second-order valence-corrected chi connectivity index (χ2v) is 6.70. The number of para-hydroxylation sites is 1. The molecule has 2 aromatic rings. The summed E-state index contributed by atoms with van der Waals surface area (Å²) in [5, 5.41) is 4.02. The Kier molecular flexibility index (Phi) is 5.64. The summed E-state index contributed by atoms with van der Waals surface area (Å²) in [4.78, 5) is 30.8. The minimum absolute atomic E-state index is 0.0182. The molecule has 0 bridgehead atoms. The van der Waals surface area contributed by atoms with Crippen LogP contribution in [0.2, 0.25) is 0 Å². The third-order valence-electron chi connectivity index (χ3n) is 4.69. The highest BCUT2D eigenvalue weighted by atomic mass is 16.2. The zero-order chi connectivity index (χ0) is 17.6. The van der Waals surface area contributed by atoms with Gasteiger partial charge >= 0.3 is 0 Å². The molecule has 5 nitrogen and oxygen atoms in total. The number of carbonyl (C=O) groups excluding carboxylic acids is 2. The van der Waals surface area contributed by atoms with Crippen LogP contribution in [0.15, 0.2) is 36.4 Å². The second-order valence-electron chi connectivity index (χ2n) is 6.70. The Morgan fingerprint density at radius 2 is 2.08 bits per heavy atom. The number of amides is 2. The minimum atomic E-state index is -0.0182. The molecule has 1 aromatic heterocycles. The summed E-state index contributed by atoms with van der Waals surface area (Å²) in [7, 11) is 0. The average Bonchev–Trinajstić information content (AvgIpc) is 2.66. The fraction of sp³-hybridized carbons (Fsp3) is 0.450. The summed E-state index contributed by atoms with van der Waals surface area (Å²) in [6.45, 7) is 4.08. The molecule has 0 radical (unpaired) electrons. The minimum Gasteiger partial charge on any atom is -0.356 e. The SMILES string of the molecule is CCCC(=O)NC[C@@H]1CCCN(C(=O)c2ccc3ccccc3n2)C1. The van der Waals surface area contributed by atoms with Gasteiger partial charge in [0, 0.05) is 31.4 Å². The van der Waals surface area contributed by atoms with Crippen molar-refractivity contribution in [3.8, 4) is 0 Å². The zero-order valence-corrected chi connectivity index (χ0v) is 14.7. The van der Waals surface area contributed by atoms with Gasteiger partial charge in [-0.05, 0) is 37.3 Å². The highest BCUT2D eigenvalue weighted by molar-refractivity contribution is 5.95. The van der Waals surface area contributed by atoms with Crippen LogP contribution in [0.4, 0.5) is 0 Å². The summed E-state index contributed by atoms with van der Waals surface area (Å²) >= 11 is 0. The summed E-state index contributed by atoms with van der Waals surface area (Å²) in [5.74, 6) is 0.399. The number of hydrogen-bond donors (Lipinski definition) is 1. The molecule has 1 atom stereocenters. The highest BCUT2D eigenvalue weighted by Crippen LogP contribution is 2.19. The first-order valence-electron chi connectivity index (χ1n) is 9.09. The van der Waals surface area contributed by atoms with E-state index in [1.54, 1.807) is 6.07 Å². The predicted molar refractivity (Wildman–Crippen MR) is 98.3 cm³/mol. The fourth-order valence-electron chi connectivity index (χ4n) is 3.34.